The number of rotatable bonds is 8. The highest BCUT2D eigenvalue weighted by Gasteiger charge is 2.46. The van der Waals surface area contributed by atoms with Gasteiger partial charge in [0.1, 0.15) is 0 Å². The monoisotopic (exact) mass is 296 g/mol. The van der Waals surface area contributed by atoms with E-state index in [-0.39, 0.29) is 6.42 Å². The minimum Gasteiger partial charge on any atom is -0.478 e. The lowest BCUT2D eigenvalue weighted by Gasteiger charge is -2.25. The van der Waals surface area contributed by atoms with E-state index in [1.807, 2.05) is 20.8 Å². The Morgan fingerprint density at radius 1 is 1.05 bits per heavy atom. The highest BCUT2D eigenvalue weighted by atomic mass is 16.6. The van der Waals surface area contributed by atoms with E-state index in [9.17, 15) is 19.5 Å². The molecule has 1 unspecified atom stereocenters. The van der Waals surface area contributed by atoms with Crippen LogP contribution in [0.5, 0.6) is 0 Å². The van der Waals surface area contributed by atoms with Crippen molar-refractivity contribution in [1.82, 2.24) is 0 Å². The van der Waals surface area contributed by atoms with Gasteiger partial charge >= 0.3 is 11.9 Å². The number of ketones is 1. The Balaban J connectivity index is 5.06. The van der Waals surface area contributed by atoms with Crippen LogP contribution in [0.4, 0.5) is 0 Å². The number of hydrogen-bond acceptors (Lipinski definition) is 4. The molecule has 0 aliphatic rings. The maximum absolute atomic E-state index is 11.7. The van der Waals surface area contributed by atoms with Crippen LogP contribution < -0.4 is 0 Å². The predicted molar refractivity (Wildman–Crippen MR) is 79.9 cm³/mol. The predicted octanol–water partition coefficient (Wildman–Crippen LogP) is 3.04. The SMILES string of the molecule is CC(=O)OC(C/C=C(/C)CCC=C(C)C)(C(C)=O)C(=O)O. The maximum atomic E-state index is 11.7. The second kappa shape index (κ2) is 8.39. The number of ether oxygens (including phenoxy) is 1. The van der Waals surface area contributed by atoms with Gasteiger partial charge in [0.2, 0.25) is 0 Å². The first-order chi connectivity index (χ1) is 9.61. The summed E-state index contributed by atoms with van der Waals surface area (Å²) in [4.78, 5) is 34.1. The van der Waals surface area contributed by atoms with Gasteiger partial charge in [0.05, 0.1) is 0 Å². The van der Waals surface area contributed by atoms with Crippen molar-refractivity contribution < 1.29 is 24.2 Å². The van der Waals surface area contributed by atoms with Crippen LogP contribution in [0, 0.1) is 0 Å². The van der Waals surface area contributed by atoms with Gasteiger partial charge in [-0.15, -0.1) is 0 Å². The van der Waals surface area contributed by atoms with E-state index in [1.165, 1.54) is 5.57 Å². The lowest BCUT2D eigenvalue weighted by atomic mass is 9.93. The number of aliphatic carboxylic acids is 1. The number of carbonyl (C=O) groups is 3. The summed E-state index contributed by atoms with van der Waals surface area (Å²) in [6, 6.07) is 0. The van der Waals surface area contributed by atoms with Crippen LogP contribution in [0.1, 0.15) is 53.9 Å². The Morgan fingerprint density at radius 2 is 1.62 bits per heavy atom. The van der Waals surface area contributed by atoms with Crippen molar-refractivity contribution in [3.63, 3.8) is 0 Å². The van der Waals surface area contributed by atoms with E-state index >= 15 is 0 Å². The molecule has 5 nitrogen and oxygen atoms in total. The molecule has 0 saturated carbocycles. The van der Waals surface area contributed by atoms with Gasteiger partial charge in [0.25, 0.3) is 5.60 Å². The van der Waals surface area contributed by atoms with Crippen LogP contribution in [0.15, 0.2) is 23.3 Å². The maximum Gasteiger partial charge on any atom is 0.356 e. The van der Waals surface area contributed by atoms with E-state index < -0.39 is 23.3 Å². The number of Topliss-reactive ketones (excluding diaryl/α,β-unsaturated/α-hetero) is 1. The van der Waals surface area contributed by atoms with Crippen LogP contribution in [-0.4, -0.2) is 28.4 Å². The Bertz CT molecular complexity index is 453. The molecular weight excluding hydrogens is 272 g/mol. The third kappa shape index (κ3) is 6.38. The molecular formula is C16H24O5. The summed E-state index contributed by atoms with van der Waals surface area (Å²) in [5, 5.41) is 9.27. The van der Waals surface area contributed by atoms with Gasteiger partial charge in [-0.25, -0.2) is 4.79 Å². The average Bonchev–Trinajstić information content (AvgIpc) is 2.32. The van der Waals surface area contributed by atoms with Gasteiger partial charge in [-0.2, -0.15) is 0 Å². The van der Waals surface area contributed by atoms with Crippen LogP contribution in [0.25, 0.3) is 0 Å². The van der Waals surface area contributed by atoms with Gasteiger partial charge < -0.3 is 9.84 Å². The molecule has 0 aromatic carbocycles. The van der Waals surface area contributed by atoms with Crippen molar-refractivity contribution in [2.45, 2.75) is 59.5 Å². The minimum atomic E-state index is -2.12. The molecule has 21 heavy (non-hydrogen) atoms. The zero-order valence-electron chi connectivity index (χ0n) is 13.4. The smallest absolute Gasteiger partial charge is 0.356 e. The fourth-order valence-electron chi connectivity index (χ4n) is 1.79. The van der Waals surface area contributed by atoms with E-state index in [1.54, 1.807) is 6.08 Å². The van der Waals surface area contributed by atoms with Crippen LogP contribution >= 0.6 is 0 Å². The van der Waals surface area contributed by atoms with E-state index in [0.717, 1.165) is 32.3 Å². The summed E-state index contributed by atoms with van der Waals surface area (Å²) in [6.07, 6.45) is 5.19. The molecule has 0 saturated heterocycles. The molecule has 0 aromatic heterocycles. The van der Waals surface area contributed by atoms with Crippen LogP contribution in [-0.2, 0) is 19.1 Å². The second-order valence-electron chi connectivity index (χ2n) is 5.36. The molecule has 0 heterocycles. The van der Waals surface area contributed by atoms with E-state index in [0.29, 0.717) is 0 Å². The molecule has 0 amide bonds. The number of allylic oxidation sites excluding steroid dienone is 3. The molecule has 0 radical (unpaired) electrons. The normalized spacial score (nSPS) is 14.0. The Kier molecular flexibility index (Phi) is 7.63. The highest BCUT2D eigenvalue weighted by molar-refractivity contribution is 6.07. The summed E-state index contributed by atoms with van der Waals surface area (Å²) in [7, 11) is 0. The van der Waals surface area contributed by atoms with Gasteiger partial charge in [-0.1, -0.05) is 23.3 Å². The number of esters is 1. The molecule has 0 aromatic rings. The first kappa shape index (κ1) is 19.1. The Labute approximate surface area is 125 Å². The topological polar surface area (TPSA) is 80.7 Å². The first-order valence-corrected chi connectivity index (χ1v) is 6.85. The van der Waals surface area contributed by atoms with Crippen molar-refractivity contribution in [2.24, 2.45) is 0 Å². The first-order valence-electron chi connectivity index (χ1n) is 6.85. The van der Waals surface area contributed by atoms with Gasteiger partial charge in [0.15, 0.2) is 5.78 Å². The van der Waals surface area contributed by atoms with E-state index in [4.69, 9.17) is 4.74 Å². The third-order valence-corrected chi connectivity index (χ3v) is 3.06. The van der Waals surface area contributed by atoms with Gasteiger partial charge in [-0.3, -0.25) is 9.59 Å². The number of carboxylic acid groups (broad SMARTS) is 1. The molecule has 0 bridgehead atoms. The molecule has 5 heteroatoms. The summed E-state index contributed by atoms with van der Waals surface area (Å²) < 4.78 is 4.81. The summed E-state index contributed by atoms with van der Waals surface area (Å²) in [5.41, 5.74) is 0.0433. The highest BCUT2D eigenvalue weighted by Crippen LogP contribution is 2.21. The molecule has 0 spiro atoms. The Hall–Kier alpha value is -1.91. The van der Waals surface area contributed by atoms with Crippen molar-refractivity contribution in [1.29, 1.82) is 0 Å². The third-order valence-electron chi connectivity index (χ3n) is 3.06. The fourth-order valence-corrected chi connectivity index (χ4v) is 1.79. The fraction of sp³-hybridized carbons (Fsp3) is 0.562. The molecule has 0 aliphatic heterocycles. The van der Waals surface area contributed by atoms with Crippen molar-refractivity contribution >= 4 is 17.7 Å². The lowest BCUT2D eigenvalue weighted by molar-refractivity contribution is -0.180. The molecule has 1 N–H and O–H groups in total. The molecule has 1 atom stereocenters. The van der Waals surface area contributed by atoms with Crippen molar-refractivity contribution in [3.8, 4) is 0 Å². The molecule has 0 aliphatic carbocycles. The quantitative estimate of drug-likeness (QED) is 0.423. The average molecular weight is 296 g/mol. The summed E-state index contributed by atoms with van der Waals surface area (Å²) in [6.45, 7) is 8.07. The zero-order chi connectivity index (χ0) is 16.6. The standard InChI is InChI=1S/C16H24O5/c1-11(2)7-6-8-12(3)9-10-16(13(4)17,15(19)20)21-14(5)18/h7,9H,6,8,10H2,1-5H3,(H,19,20)/b12-9-. The van der Waals surface area contributed by atoms with Crippen LogP contribution in [0.3, 0.4) is 0 Å². The summed E-state index contributed by atoms with van der Waals surface area (Å²) in [5.74, 6) is -2.93. The summed E-state index contributed by atoms with van der Waals surface area (Å²) >= 11 is 0. The lowest BCUT2D eigenvalue weighted by Crippen LogP contribution is -2.48. The number of carboxylic acids is 1. The van der Waals surface area contributed by atoms with Crippen molar-refractivity contribution in [3.05, 3.63) is 23.3 Å². The zero-order valence-corrected chi connectivity index (χ0v) is 13.4. The Morgan fingerprint density at radius 3 is 2.00 bits per heavy atom. The van der Waals surface area contributed by atoms with Crippen LogP contribution in [0.2, 0.25) is 0 Å². The largest absolute Gasteiger partial charge is 0.478 e. The molecule has 118 valence electrons. The van der Waals surface area contributed by atoms with Gasteiger partial charge in [-0.05, 0) is 40.5 Å². The second-order valence-corrected chi connectivity index (χ2v) is 5.36. The molecule has 0 rings (SSSR count). The van der Waals surface area contributed by atoms with E-state index in [2.05, 4.69) is 6.08 Å². The van der Waals surface area contributed by atoms with Gasteiger partial charge in [0, 0.05) is 13.3 Å². The number of carbonyl (C=O) groups excluding carboxylic acids is 2. The number of hydrogen-bond donors (Lipinski definition) is 1. The molecule has 0 fully saturated rings. The van der Waals surface area contributed by atoms with Crippen molar-refractivity contribution in [2.75, 3.05) is 0 Å². The minimum absolute atomic E-state index is 0.155.